The number of aryl methyl sites for hydroxylation is 2. The van der Waals surface area contributed by atoms with E-state index in [-0.39, 0.29) is 5.91 Å². The molecule has 0 unspecified atom stereocenters. The molecule has 1 aliphatic heterocycles. The van der Waals surface area contributed by atoms with Crippen LogP contribution in [0.2, 0.25) is 0 Å². The van der Waals surface area contributed by atoms with Crippen LogP contribution in [-0.2, 0) is 12.8 Å². The fraction of sp³-hybridized carbons (Fsp3) is 0.667. The Morgan fingerprint density at radius 1 is 1.37 bits per heavy atom. The molecule has 0 aromatic carbocycles. The minimum absolute atomic E-state index is 0.242. The van der Waals surface area contributed by atoms with E-state index >= 15 is 0 Å². The van der Waals surface area contributed by atoms with E-state index in [9.17, 15) is 4.79 Å². The normalized spacial score (nSPS) is 23.8. The van der Waals surface area contributed by atoms with Gasteiger partial charge >= 0.3 is 0 Å². The van der Waals surface area contributed by atoms with E-state index in [1.807, 2.05) is 4.90 Å². The highest BCUT2D eigenvalue weighted by molar-refractivity contribution is 7.14. The van der Waals surface area contributed by atoms with Crippen LogP contribution < -0.4 is 5.32 Å². The van der Waals surface area contributed by atoms with E-state index in [4.69, 9.17) is 0 Å². The number of nitrogens with one attached hydrogen (secondary N) is 1. The Bertz CT molecular complexity index is 445. The average Bonchev–Trinajstić information content (AvgIpc) is 2.69. The lowest BCUT2D eigenvalue weighted by molar-refractivity contribution is 0.0714. The molecule has 0 bridgehead atoms. The van der Waals surface area contributed by atoms with Crippen molar-refractivity contribution in [2.75, 3.05) is 19.6 Å². The van der Waals surface area contributed by atoms with E-state index in [1.54, 1.807) is 11.3 Å². The Labute approximate surface area is 119 Å². The molecule has 1 aliphatic carbocycles. The van der Waals surface area contributed by atoms with Gasteiger partial charge in [0.2, 0.25) is 0 Å². The molecule has 3 rings (SSSR count). The molecule has 2 aliphatic rings. The zero-order valence-electron chi connectivity index (χ0n) is 11.6. The first kappa shape index (κ1) is 13.1. The molecular weight excluding hydrogens is 256 g/mol. The Morgan fingerprint density at radius 3 is 3.05 bits per heavy atom. The van der Waals surface area contributed by atoms with Crippen LogP contribution in [0.4, 0.5) is 0 Å². The molecule has 2 heterocycles. The van der Waals surface area contributed by atoms with Gasteiger partial charge in [0.25, 0.3) is 5.91 Å². The molecular formula is C15H22N2OS. The number of carbonyl (C=O) groups is 1. The molecule has 1 N–H and O–H groups in total. The highest BCUT2D eigenvalue weighted by Gasteiger charge is 2.24. The lowest BCUT2D eigenvalue weighted by Crippen LogP contribution is -2.51. The average molecular weight is 278 g/mol. The SMILES string of the molecule is C[C@@H]1CN(C(=O)c2cc3c(s2)CCCCC3)CCN1. The molecule has 0 spiro atoms. The minimum atomic E-state index is 0.242. The molecule has 3 nitrogen and oxygen atoms in total. The summed E-state index contributed by atoms with van der Waals surface area (Å²) in [6.45, 7) is 4.73. The van der Waals surface area contributed by atoms with Crippen molar-refractivity contribution in [1.82, 2.24) is 10.2 Å². The van der Waals surface area contributed by atoms with Gasteiger partial charge in [0.1, 0.15) is 0 Å². The van der Waals surface area contributed by atoms with Gasteiger partial charge in [-0.1, -0.05) is 6.42 Å². The fourth-order valence-corrected chi connectivity index (χ4v) is 4.27. The van der Waals surface area contributed by atoms with Gasteiger partial charge in [-0.2, -0.15) is 0 Å². The standard InChI is InChI=1S/C15H22N2OS/c1-11-10-17(8-7-16-11)15(18)14-9-12-5-3-2-4-6-13(12)19-14/h9,11,16H,2-8,10H2,1H3/t11-/m1/s1. The number of piperazine rings is 1. The second kappa shape index (κ2) is 5.63. The van der Waals surface area contributed by atoms with Crippen molar-refractivity contribution in [1.29, 1.82) is 0 Å². The van der Waals surface area contributed by atoms with Crippen molar-refractivity contribution < 1.29 is 4.79 Å². The molecule has 0 radical (unpaired) electrons. The monoisotopic (exact) mass is 278 g/mol. The van der Waals surface area contributed by atoms with Crippen molar-refractivity contribution in [3.05, 3.63) is 21.4 Å². The van der Waals surface area contributed by atoms with Crippen molar-refractivity contribution in [3.63, 3.8) is 0 Å². The van der Waals surface area contributed by atoms with Crippen LogP contribution in [-0.4, -0.2) is 36.5 Å². The molecule has 1 amide bonds. The lowest BCUT2D eigenvalue weighted by Gasteiger charge is -2.31. The van der Waals surface area contributed by atoms with E-state index in [0.717, 1.165) is 30.9 Å². The van der Waals surface area contributed by atoms with Gasteiger partial charge in [-0.05, 0) is 44.2 Å². The van der Waals surface area contributed by atoms with Crippen LogP contribution in [0.5, 0.6) is 0 Å². The number of hydrogen-bond acceptors (Lipinski definition) is 3. The van der Waals surface area contributed by atoms with E-state index < -0.39 is 0 Å². The second-order valence-electron chi connectivity index (χ2n) is 5.73. The summed E-state index contributed by atoms with van der Waals surface area (Å²) in [5.41, 5.74) is 1.44. The van der Waals surface area contributed by atoms with Gasteiger partial charge in [0, 0.05) is 30.6 Å². The van der Waals surface area contributed by atoms with Crippen LogP contribution in [0.1, 0.15) is 46.3 Å². The quantitative estimate of drug-likeness (QED) is 0.800. The molecule has 0 saturated carbocycles. The molecule has 1 aromatic rings. The number of nitrogens with zero attached hydrogens (tertiary/aromatic N) is 1. The topological polar surface area (TPSA) is 32.3 Å². The largest absolute Gasteiger partial charge is 0.335 e. The van der Waals surface area contributed by atoms with Crippen LogP contribution >= 0.6 is 11.3 Å². The minimum Gasteiger partial charge on any atom is -0.335 e. The zero-order valence-corrected chi connectivity index (χ0v) is 12.4. The maximum absolute atomic E-state index is 12.6. The van der Waals surface area contributed by atoms with Gasteiger partial charge < -0.3 is 10.2 Å². The Hall–Kier alpha value is -0.870. The molecule has 19 heavy (non-hydrogen) atoms. The highest BCUT2D eigenvalue weighted by Crippen LogP contribution is 2.29. The number of rotatable bonds is 1. The smallest absolute Gasteiger partial charge is 0.264 e. The molecule has 1 atom stereocenters. The van der Waals surface area contributed by atoms with Crippen molar-refractivity contribution >= 4 is 17.2 Å². The summed E-state index contributed by atoms with van der Waals surface area (Å²) in [7, 11) is 0. The van der Waals surface area contributed by atoms with Crippen LogP contribution in [0.15, 0.2) is 6.07 Å². The summed E-state index contributed by atoms with van der Waals surface area (Å²) in [4.78, 5) is 17.0. The fourth-order valence-electron chi connectivity index (χ4n) is 3.05. The highest BCUT2D eigenvalue weighted by atomic mass is 32.1. The molecule has 1 fully saturated rings. The van der Waals surface area contributed by atoms with Gasteiger partial charge in [0.05, 0.1) is 4.88 Å². The number of fused-ring (bicyclic) bond motifs is 1. The maximum atomic E-state index is 12.6. The first-order chi connectivity index (χ1) is 9.24. The molecule has 104 valence electrons. The Balaban J connectivity index is 1.76. The number of amides is 1. The molecule has 4 heteroatoms. The predicted molar refractivity (Wildman–Crippen MR) is 78.9 cm³/mol. The van der Waals surface area contributed by atoms with E-state index in [2.05, 4.69) is 18.3 Å². The third kappa shape index (κ3) is 2.84. The van der Waals surface area contributed by atoms with Crippen molar-refractivity contribution in [3.8, 4) is 0 Å². The second-order valence-corrected chi connectivity index (χ2v) is 6.86. The van der Waals surface area contributed by atoms with Crippen molar-refractivity contribution in [2.24, 2.45) is 0 Å². The number of thiophene rings is 1. The van der Waals surface area contributed by atoms with Gasteiger partial charge in [-0.3, -0.25) is 4.79 Å². The van der Waals surface area contributed by atoms with Gasteiger partial charge in [-0.15, -0.1) is 11.3 Å². The van der Waals surface area contributed by atoms with Crippen LogP contribution in [0, 0.1) is 0 Å². The van der Waals surface area contributed by atoms with Gasteiger partial charge in [0.15, 0.2) is 0 Å². The summed E-state index contributed by atoms with van der Waals surface area (Å²) < 4.78 is 0. The first-order valence-corrected chi connectivity index (χ1v) is 8.20. The Morgan fingerprint density at radius 2 is 2.21 bits per heavy atom. The zero-order chi connectivity index (χ0) is 13.2. The maximum Gasteiger partial charge on any atom is 0.264 e. The van der Waals surface area contributed by atoms with E-state index in [0.29, 0.717) is 6.04 Å². The number of hydrogen-bond donors (Lipinski definition) is 1. The first-order valence-electron chi connectivity index (χ1n) is 7.38. The summed E-state index contributed by atoms with van der Waals surface area (Å²) >= 11 is 1.74. The molecule has 1 aromatic heterocycles. The third-order valence-electron chi connectivity index (χ3n) is 4.11. The molecule has 1 saturated heterocycles. The third-order valence-corrected chi connectivity index (χ3v) is 5.34. The predicted octanol–water partition coefficient (Wildman–Crippen LogP) is 2.45. The van der Waals surface area contributed by atoms with Crippen LogP contribution in [0.3, 0.4) is 0 Å². The lowest BCUT2D eigenvalue weighted by atomic mass is 10.1. The number of carbonyl (C=O) groups excluding carboxylic acids is 1. The van der Waals surface area contributed by atoms with Crippen LogP contribution in [0.25, 0.3) is 0 Å². The summed E-state index contributed by atoms with van der Waals surface area (Å²) in [5, 5.41) is 3.38. The summed E-state index contributed by atoms with van der Waals surface area (Å²) in [6, 6.07) is 2.58. The Kier molecular flexibility index (Phi) is 3.89. The van der Waals surface area contributed by atoms with Gasteiger partial charge in [-0.25, -0.2) is 0 Å². The summed E-state index contributed by atoms with van der Waals surface area (Å²) in [5.74, 6) is 0.242. The summed E-state index contributed by atoms with van der Waals surface area (Å²) in [6.07, 6.45) is 6.23. The van der Waals surface area contributed by atoms with E-state index in [1.165, 1.54) is 36.1 Å². The van der Waals surface area contributed by atoms with Crippen molar-refractivity contribution in [2.45, 2.75) is 45.1 Å².